The highest BCUT2D eigenvalue weighted by atomic mass is 35.5. The highest BCUT2D eigenvalue weighted by Crippen LogP contribution is 2.26. The van der Waals surface area contributed by atoms with E-state index in [-0.39, 0.29) is 22.1 Å². The van der Waals surface area contributed by atoms with Gasteiger partial charge in [-0.25, -0.2) is 18.2 Å². The maximum Gasteiger partial charge on any atom is 0.271 e. The van der Waals surface area contributed by atoms with Crippen molar-refractivity contribution in [3.05, 3.63) is 69.3 Å². The summed E-state index contributed by atoms with van der Waals surface area (Å²) in [6.45, 7) is 0. The summed E-state index contributed by atoms with van der Waals surface area (Å²) in [4.78, 5) is 17.1. The second kappa shape index (κ2) is 5.97. The van der Waals surface area contributed by atoms with Crippen LogP contribution in [-0.4, -0.2) is 14.9 Å². The smallest absolute Gasteiger partial charge is 0.271 e. The number of nitrogens with one attached hydrogen (secondary N) is 1. The molecule has 0 saturated heterocycles. The first kappa shape index (κ1) is 16.0. The van der Waals surface area contributed by atoms with Gasteiger partial charge in [-0.15, -0.1) is 0 Å². The van der Waals surface area contributed by atoms with E-state index in [4.69, 9.17) is 11.6 Å². The van der Waals surface area contributed by atoms with E-state index in [1.807, 2.05) is 0 Å². The van der Waals surface area contributed by atoms with Gasteiger partial charge in [0.25, 0.3) is 5.69 Å². The van der Waals surface area contributed by atoms with Crippen molar-refractivity contribution in [2.24, 2.45) is 0 Å². The average molecular weight is 354 g/mol. The summed E-state index contributed by atoms with van der Waals surface area (Å²) in [5, 5.41) is 10.7. The Morgan fingerprint density at radius 3 is 2.50 bits per heavy atom. The topological polar surface area (TPSA) is 71.8 Å². The number of imidazole rings is 1. The van der Waals surface area contributed by atoms with Crippen molar-refractivity contribution in [2.75, 3.05) is 0 Å². The van der Waals surface area contributed by atoms with Gasteiger partial charge in [0.2, 0.25) is 0 Å². The summed E-state index contributed by atoms with van der Waals surface area (Å²) in [5.74, 6) is -4.10. The lowest BCUT2D eigenvalue weighted by atomic mass is 10.2. The number of hydrogen-bond acceptors (Lipinski definition) is 3. The molecule has 0 saturated carbocycles. The van der Waals surface area contributed by atoms with Crippen molar-refractivity contribution in [1.29, 1.82) is 0 Å². The average Bonchev–Trinajstić information content (AvgIpc) is 2.95. The Labute approximate surface area is 137 Å². The van der Waals surface area contributed by atoms with Gasteiger partial charge < -0.3 is 4.98 Å². The molecule has 122 valence electrons. The van der Waals surface area contributed by atoms with Gasteiger partial charge in [-0.1, -0.05) is 11.6 Å². The first-order chi connectivity index (χ1) is 11.3. The van der Waals surface area contributed by atoms with Gasteiger partial charge in [-0.05, 0) is 29.8 Å². The Morgan fingerprint density at radius 1 is 1.21 bits per heavy atom. The molecular weight excluding hydrogens is 347 g/mol. The lowest BCUT2D eigenvalue weighted by Gasteiger charge is -1.99. The van der Waals surface area contributed by atoms with Crippen molar-refractivity contribution in [2.45, 2.75) is 0 Å². The molecule has 0 aliphatic carbocycles. The number of halogens is 4. The van der Waals surface area contributed by atoms with Crippen LogP contribution in [-0.2, 0) is 0 Å². The first-order valence-corrected chi connectivity index (χ1v) is 6.89. The van der Waals surface area contributed by atoms with E-state index in [1.165, 1.54) is 24.3 Å². The molecule has 0 fully saturated rings. The normalized spacial score (nSPS) is 11.9. The van der Waals surface area contributed by atoms with Gasteiger partial charge in [-0.3, -0.25) is 10.1 Å². The van der Waals surface area contributed by atoms with Gasteiger partial charge in [0.15, 0.2) is 17.5 Å². The number of nitro benzene ring substituents is 1. The number of rotatable bonds is 3. The largest absolute Gasteiger partial charge is 0.337 e. The zero-order valence-corrected chi connectivity index (χ0v) is 12.4. The fourth-order valence-corrected chi connectivity index (χ4v) is 2.31. The van der Waals surface area contributed by atoms with Crippen molar-refractivity contribution in [3.63, 3.8) is 0 Å². The minimum absolute atomic E-state index is 0.000684. The zero-order valence-electron chi connectivity index (χ0n) is 11.7. The van der Waals surface area contributed by atoms with E-state index in [0.29, 0.717) is 11.0 Å². The quantitative estimate of drug-likeness (QED) is 0.424. The Morgan fingerprint density at radius 2 is 1.88 bits per heavy atom. The van der Waals surface area contributed by atoms with E-state index in [9.17, 15) is 23.3 Å². The van der Waals surface area contributed by atoms with E-state index in [1.54, 1.807) is 0 Å². The molecule has 1 N–H and O–H groups in total. The monoisotopic (exact) mass is 353 g/mol. The molecule has 0 unspecified atom stereocenters. The summed E-state index contributed by atoms with van der Waals surface area (Å²) >= 11 is 6.05. The molecule has 24 heavy (non-hydrogen) atoms. The molecule has 0 atom stereocenters. The van der Waals surface area contributed by atoms with Crippen LogP contribution in [0.25, 0.3) is 22.1 Å². The van der Waals surface area contributed by atoms with Gasteiger partial charge >= 0.3 is 0 Å². The number of fused-ring (bicyclic) bond motifs is 1. The molecule has 3 rings (SSSR count). The summed E-state index contributed by atoms with van der Waals surface area (Å²) in [7, 11) is 0. The van der Waals surface area contributed by atoms with Crippen molar-refractivity contribution in [1.82, 2.24) is 9.97 Å². The summed E-state index contributed by atoms with van der Waals surface area (Å²) in [6, 6.07) is 5.58. The fraction of sp³-hybridized carbons (Fsp3) is 0. The van der Waals surface area contributed by atoms with Crippen LogP contribution in [0.15, 0.2) is 30.3 Å². The maximum atomic E-state index is 13.2. The molecule has 1 heterocycles. The summed E-state index contributed by atoms with van der Waals surface area (Å²) in [6.07, 6.45) is 1.19. The standard InChI is InChI=1S/C15H7ClF3N3O2/c16-9(3-7-4-10(17)14(19)11(18)5-7)15-20-12-2-1-8(22(23)24)6-13(12)21-15/h1-6H,(H,20,21)/b9-3-. The second-order valence-electron chi connectivity index (χ2n) is 4.83. The van der Waals surface area contributed by atoms with Gasteiger partial charge in [-0.2, -0.15) is 0 Å². The molecule has 0 aliphatic rings. The van der Waals surface area contributed by atoms with Crippen LogP contribution in [0.5, 0.6) is 0 Å². The number of benzene rings is 2. The Hall–Kier alpha value is -2.87. The Kier molecular flexibility index (Phi) is 3.98. The van der Waals surface area contributed by atoms with Crippen molar-refractivity contribution in [3.8, 4) is 0 Å². The molecule has 0 amide bonds. The third-order valence-electron chi connectivity index (χ3n) is 3.20. The molecule has 9 heteroatoms. The molecule has 1 aromatic heterocycles. The number of H-pyrrole nitrogens is 1. The minimum Gasteiger partial charge on any atom is -0.337 e. The number of non-ortho nitro benzene ring substituents is 1. The number of aromatic amines is 1. The van der Waals surface area contributed by atoms with Crippen LogP contribution in [0.1, 0.15) is 11.4 Å². The summed E-state index contributed by atoms with van der Waals surface area (Å²) < 4.78 is 39.3. The van der Waals surface area contributed by atoms with E-state index < -0.39 is 22.4 Å². The maximum absolute atomic E-state index is 13.2. The number of aromatic nitrogens is 2. The molecule has 2 aromatic carbocycles. The molecule has 5 nitrogen and oxygen atoms in total. The van der Waals surface area contributed by atoms with Crippen LogP contribution in [0.4, 0.5) is 18.9 Å². The van der Waals surface area contributed by atoms with Crippen molar-refractivity contribution < 1.29 is 18.1 Å². The van der Waals surface area contributed by atoms with Crippen LogP contribution >= 0.6 is 11.6 Å². The highest BCUT2D eigenvalue weighted by Gasteiger charge is 2.13. The van der Waals surface area contributed by atoms with Gasteiger partial charge in [0, 0.05) is 12.1 Å². The third-order valence-corrected chi connectivity index (χ3v) is 3.49. The van der Waals surface area contributed by atoms with Crippen LogP contribution in [0, 0.1) is 27.6 Å². The van der Waals surface area contributed by atoms with Crippen LogP contribution in [0.2, 0.25) is 0 Å². The van der Waals surface area contributed by atoms with Gasteiger partial charge in [0.05, 0.1) is 21.0 Å². The number of hydrogen-bond donors (Lipinski definition) is 1. The van der Waals surface area contributed by atoms with Crippen molar-refractivity contribution >= 4 is 39.4 Å². The lowest BCUT2D eigenvalue weighted by molar-refractivity contribution is -0.384. The first-order valence-electron chi connectivity index (χ1n) is 6.51. The van der Waals surface area contributed by atoms with Crippen LogP contribution in [0.3, 0.4) is 0 Å². The zero-order chi connectivity index (χ0) is 17.4. The molecular formula is C15H7ClF3N3O2. The molecule has 3 aromatic rings. The highest BCUT2D eigenvalue weighted by molar-refractivity contribution is 6.50. The third kappa shape index (κ3) is 2.95. The SMILES string of the molecule is O=[N+]([O-])c1ccc2nc(/C(Cl)=C/c3cc(F)c(F)c(F)c3)[nH]c2c1. The summed E-state index contributed by atoms with van der Waals surface area (Å²) in [5.41, 5.74) is 0.684. The second-order valence-corrected chi connectivity index (χ2v) is 5.24. The van der Waals surface area contributed by atoms with E-state index in [2.05, 4.69) is 9.97 Å². The molecule has 0 spiro atoms. The molecule has 0 aliphatic heterocycles. The minimum atomic E-state index is -1.57. The predicted octanol–water partition coefficient (Wildman–Crippen LogP) is 4.63. The number of nitrogens with zero attached hydrogens (tertiary/aromatic N) is 2. The fourth-order valence-electron chi connectivity index (χ4n) is 2.10. The number of nitro groups is 1. The lowest BCUT2D eigenvalue weighted by Crippen LogP contribution is -1.91. The van der Waals surface area contributed by atoms with Gasteiger partial charge in [0.1, 0.15) is 5.82 Å². The predicted molar refractivity (Wildman–Crippen MR) is 82.8 cm³/mol. The van der Waals surface area contributed by atoms with E-state index in [0.717, 1.165) is 12.1 Å². The Balaban J connectivity index is 2.01. The molecule has 0 bridgehead atoms. The Bertz CT molecular complexity index is 978. The van der Waals surface area contributed by atoms with E-state index >= 15 is 0 Å². The van der Waals surface area contributed by atoms with Crippen LogP contribution < -0.4 is 0 Å². The molecule has 0 radical (unpaired) electrons.